The number of ether oxygens (including phenoxy) is 2. The second-order valence-corrected chi connectivity index (χ2v) is 6.61. The first-order valence-electron chi connectivity index (χ1n) is 9.88. The Hall–Kier alpha value is -3.73. The van der Waals surface area contributed by atoms with E-state index in [1.807, 2.05) is 66.7 Å². The zero-order chi connectivity index (χ0) is 21.0. The second kappa shape index (κ2) is 11.3. The van der Waals surface area contributed by atoms with Crippen LogP contribution in [0.4, 0.5) is 11.4 Å². The summed E-state index contributed by atoms with van der Waals surface area (Å²) in [4.78, 5) is 12.3. The lowest BCUT2D eigenvalue weighted by Gasteiger charge is -2.12. The van der Waals surface area contributed by atoms with E-state index in [9.17, 15) is 4.79 Å². The van der Waals surface area contributed by atoms with Gasteiger partial charge in [-0.3, -0.25) is 4.79 Å². The first-order chi connectivity index (χ1) is 14.7. The van der Waals surface area contributed by atoms with Crippen LogP contribution in [0.3, 0.4) is 0 Å². The lowest BCUT2D eigenvalue weighted by atomic mass is 10.2. The topological polar surface area (TPSA) is 59.6 Å². The molecule has 0 aliphatic rings. The molecule has 0 fully saturated rings. The molecule has 1 amide bonds. The highest BCUT2D eigenvalue weighted by molar-refractivity contribution is 5.94. The van der Waals surface area contributed by atoms with E-state index >= 15 is 0 Å². The Morgan fingerprint density at radius 1 is 0.900 bits per heavy atom. The highest BCUT2D eigenvalue weighted by Crippen LogP contribution is 2.23. The van der Waals surface area contributed by atoms with Crippen molar-refractivity contribution in [1.29, 1.82) is 0 Å². The van der Waals surface area contributed by atoms with Crippen molar-refractivity contribution in [2.45, 2.75) is 6.42 Å². The standard InChI is InChI=1S/C25H26N2O3/c1-2-17-30-24-11-7-6-10-23(24)26-19-25(28)27-21-12-14-22(15-13-21)29-18-16-20-8-4-3-5-9-20/h2-15,26H,1,16-19H2,(H,27,28). The number of carbonyl (C=O) groups is 1. The number of nitrogens with one attached hydrogen (secondary N) is 2. The van der Waals surface area contributed by atoms with Gasteiger partial charge in [-0.25, -0.2) is 0 Å². The maximum atomic E-state index is 12.3. The van der Waals surface area contributed by atoms with E-state index in [1.165, 1.54) is 5.56 Å². The summed E-state index contributed by atoms with van der Waals surface area (Å²) < 4.78 is 11.4. The van der Waals surface area contributed by atoms with Crippen LogP contribution >= 0.6 is 0 Å². The zero-order valence-electron chi connectivity index (χ0n) is 16.8. The van der Waals surface area contributed by atoms with E-state index in [1.54, 1.807) is 6.08 Å². The Balaban J connectivity index is 1.44. The lowest BCUT2D eigenvalue weighted by Crippen LogP contribution is -2.22. The first-order valence-corrected chi connectivity index (χ1v) is 9.88. The molecule has 2 N–H and O–H groups in total. The van der Waals surface area contributed by atoms with Crippen LogP contribution in [0.25, 0.3) is 0 Å². The molecule has 5 heteroatoms. The molecule has 0 unspecified atom stereocenters. The molecule has 0 radical (unpaired) electrons. The molecule has 3 rings (SSSR count). The molecular weight excluding hydrogens is 376 g/mol. The van der Waals surface area contributed by atoms with Gasteiger partial charge in [0.25, 0.3) is 0 Å². The number of carbonyl (C=O) groups excluding carboxylic acids is 1. The Kier molecular flexibility index (Phi) is 7.92. The maximum Gasteiger partial charge on any atom is 0.243 e. The molecule has 3 aromatic carbocycles. The van der Waals surface area contributed by atoms with E-state index in [4.69, 9.17) is 9.47 Å². The first kappa shape index (κ1) is 21.0. The number of amides is 1. The Morgan fingerprint density at radius 2 is 1.63 bits per heavy atom. The van der Waals surface area contributed by atoms with Crippen LogP contribution in [0.1, 0.15) is 5.56 Å². The molecule has 0 heterocycles. The fourth-order valence-corrected chi connectivity index (χ4v) is 2.83. The number of rotatable bonds is 11. The zero-order valence-corrected chi connectivity index (χ0v) is 16.8. The molecule has 0 bridgehead atoms. The van der Waals surface area contributed by atoms with Gasteiger partial charge < -0.3 is 20.1 Å². The van der Waals surface area contributed by atoms with Crippen molar-refractivity contribution < 1.29 is 14.3 Å². The predicted molar refractivity (Wildman–Crippen MR) is 121 cm³/mol. The Labute approximate surface area is 177 Å². The van der Waals surface area contributed by atoms with E-state index in [2.05, 4.69) is 29.3 Å². The third-order valence-corrected chi connectivity index (χ3v) is 4.32. The average Bonchev–Trinajstić information content (AvgIpc) is 2.79. The number of hydrogen-bond donors (Lipinski definition) is 2. The van der Waals surface area contributed by atoms with Crippen molar-refractivity contribution in [3.05, 3.63) is 97.1 Å². The third kappa shape index (κ3) is 6.71. The Morgan fingerprint density at radius 3 is 2.40 bits per heavy atom. The van der Waals surface area contributed by atoms with Crippen molar-refractivity contribution in [2.75, 3.05) is 30.4 Å². The van der Waals surface area contributed by atoms with Crippen LogP contribution in [-0.2, 0) is 11.2 Å². The fraction of sp³-hybridized carbons (Fsp3) is 0.160. The van der Waals surface area contributed by atoms with Crippen molar-refractivity contribution >= 4 is 17.3 Å². The third-order valence-electron chi connectivity index (χ3n) is 4.32. The smallest absolute Gasteiger partial charge is 0.243 e. The summed E-state index contributed by atoms with van der Waals surface area (Å²) in [6.45, 7) is 4.78. The lowest BCUT2D eigenvalue weighted by molar-refractivity contribution is -0.114. The highest BCUT2D eigenvalue weighted by Gasteiger charge is 2.06. The summed E-state index contributed by atoms with van der Waals surface area (Å²) in [7, 11) is 0. The molecule has 0 atom stereocenters. The summed E-state index contributed by atoms with van der Waals surface area (Å²) in [6.07, 6.45) is 2.53. The van der Waals surface area contributed by atoms with Gasteiger partial charge in [0.2, 0.25) is 5.91 Å². The summed E-state index contributed by atoms with van der Waals surface area (Å²) in [5.74, 6) is 1.31. The number of anilines is 2. The molecule has 0 aliphatic carbocycles. The van der Waals surface area contributed by atoms with E-state index in [-0.39, 0.29) is 12.5 Å². The van der Waals surface area contributed by atoms with Crippen LogP contribution < -0.4 is 20.1 Å². The highest BCUT2D eigenvalue weighted by atomic mass is 16.5. The van der Waals surface area contributed by atoms with Gasteiger partial charge in [0.1, 0.15) is 18.1 Å². The minimum absolute atomic E-state index is 0.129. The summed E-state index contributed by atoms with van der Waals surface area (Å²) >= 11 is 0. The van der Waals surface area contributed by atoms with E-state index < -0.39 is 0 Å². The molecular formula is C25H26N2O3. The van der Waals surface area contributed by atoms with Crippen LogP contribution in [-0.4, -0.2) is 25.7 Å². The molecule has 30 heavy (non-hydrogen) atoms. The molecule has 3 aromatic rings. The largest absolute Gasteiger partial charge is 0.493 e. The SMILES string of the molecule is C=CCOc1ccccc1NCC(=O)Nc1ccc(OCCc2ccccc2)cc1. The van der Waals surface area contributed by atoms with Gasteiger partial charge in [0, 0.05) is 12.1 Å². The summed E-state index contributed by atoms with van der Waals surface area (Å²) in [5, 5.41) is 5.97. The molecule has 0 saturated carbocycles. The van der Waals surface area contributed by atoms with Crippen molar-refractivity contribution in [1.82, 2.24) is 0 Å². The van der Waals surface area contributed by atoms with Crippen LogP contribution in [0.2, 0.25) is 0 Å². The minimum atomic E-state index is -0.147. The Bertz CT molecular complexity index is 940. The van der Waals surface area contributed by atoms with Crippen LogP contribution in [0.5, 0.6) is 11.5 Å². The molecule has 5 nitrogen and oxygen atoms in total. The predicted octanol–water partition coefficient (Wildman–Crippen LogP) is 4.92. The number of hydrogen-bond acceptors (Lipinski definition) is 4. The summed E-state index contributed by atoms with van der Waals surface area (Å²) in [6, 6.07) is 25.1. The van der Waals surface area contributed by atoms with Gasteiger partial charge >= 0.3 is 0 Å². The van der Waals surface area contributed by atoms with Crippen molar-refractivity contribution in [3.8, 4) is 11.5 Å². The van der Waals surface area contributed by atoms with Crippen LogP contribution in [0, 0.1) is 0 Å². The normalized spacial score (nSPS) is 10.1. The fourth-order valence-electron chi connectivity index (χ4n) is 2.83. The van der Waals surface area contributed by atoms with Crippen LogP contribution in [0.15, 0.2) is 91.5 Å². The van der Waals surface area contributed by atoms with Gasteiger partial charge in [-0.05, 0) is 42.0 Å². The molecule has 0 aliphatic heterocycles. The minimum Gasteiger partial charge on any atom is -0.493 e. The quantitative estimate of drug-likeness (QED) is 0.447. The van der Waals surface area contributed by atoms with Gasteiger partial charge in [-0.15, -0.1) is 0 Å². The summed E-state index contributed by atoms with van der Waals surface area (Å²) in [5.41, 5.74) is 2.72. The van der Waals surface area contributed by atoms with E-state index in [0.717, 1.165) is 17.9 Å². The molecule has 154 valence electrons. The second-order valence-electron chi connectivity index (χ2n) is 6.61. The monoisotopic (exact) mass is 402 g/mol. The molecule has 0 aromatic heterocycles. The molecule has 0 spiro atoms. The maximum absolute atomic E-state index is 12.3. The van der Waals surface area contributed by atoms with Gasteiger partial charge in [-0.1, -0.05) is 55.1 Å². The molecule has 0 saturated heterocycles. The van der Waals surface area contributed by atoms with Gasteiger partial charge in [-0.2, -0.15) is 0 Å². The average molecular weight is 402 g/mol. The van der Waals surface area contributed by atoms with E-state index in [0.29, 0.717) is 24.7 Å². The van der Waals surface area contributed by atoms with Crippen molar-refractivity contribution in [2.24, 2.45) is 0 Å². The van der Waals surface area contributed by atoms with Gasteiger partial charge in [0.15, 0.2) is 0 Å². The van der Waals surface area contributed by atoms with Gasteiger partial charge in [0.05, 0.1) is 18.8 Å². The number of benzene rings is 3. The number of para-hydroxylation sites is 2. The van der Waals surface area contributed by atoms with Crippen molar-refractivity contribution in [3.63, 3.8) is 0 Å².